The van der Waals surface area contributed by atoms with E-state index in [1.165, 1.54) is 104 Å². The summed E-state index contributed by atoms with van der Waals surface area (Å²) in [5.74, 6) is 0. The van der Waals surface area contributed by atoms with Gasteiger partial charge < -0.3 is 4.57 Å². The van der Waals surface area contributed by atoms with Gasteiger partial charge in [0.15, 0.2) is 0 Å². The van der Waals surface area contributed by atoms with Gasteiger partial charge in [-0.25, -0.2) is 0 Å². The van der Waals surface area contributed by atoms with E-state index in [0.29, 0.717) is 0 Å². The number of nitrogens with zero attached hydrogens (tertiary/aromatic N) is 1. The van der Waals surface area contributed by atoms with Crippen molar-refractivity contribution in [3.63, 3.8) is 0 Å². The number of aromatic nitrogens is 1. The number of hydrogen-bond donors (Lipinski definition) is 0. The number of allylic oxidation sites excluding steroid dienone is 2. The lowest BCUT2D eigenvalue weighted by molar-refractivity contribution is 0.750. The molecule has 1 aromatic heterocycles. The number of rotatable bonds is 4. The highest BCUT2D eigenvalue weighted by atomic mass is 15.0. The largest absolute Gasteiger partial charge is 0.309 e. The molecule has 56 heavy (non-hydrogen) atoms. The third-order valence-electron chi connectivity index (χ3n) is 12.1. The van der Waals surface area contributed by atoms with Gasteiger partial charge in [0.25, 0.3) is 0 Å². The molecule has 0 radical (unpaired) electrons. The van der Waals surface area contributed by atoms with Crippen molar-refractivity contribution >= 4 is 64.9 Å². The molecule has 0 unspecified atom stereocenters. The molecule has 1 aliphatic rings. The van der Waals surface area contributed by atoms with Gasteiger partial charge in [0.05, 0.1) is 22.1 Å². The first-order valence-corrected chi connectivity index (χ1v) is 19.3. The molecule has 1 heterocycles. The van der Waals surface area contributed by atoms with Gasteiger partial charge in [-0.3, -0.25) is 0 Å². The van der Waals surface area contributed by atoms with Crippen LogP contribution in [-0.2, 0) is 5.41 Å². The van der Waals surface area contributed by atoms with E-state index in [0.717, 1.165) is 0 Å². The lowest BCUT2D eigenvalue weighted by Gasteiger charge is -2.42. The fraction of sp³-hybridized carbons (Fsp3) is 0.0182. The molecule has 0 saturated carbocycles. The maximum Gasteiger partial charge on any atom is 0.0713 e. The Hall–Kier alpha value is -7.22. The quantitative estimate of drug-likeness (QED) is 0.127. The van der Waals surface area contributed by atoms with E-state index < -0.39 is 5.41 Å². The molecule has 1 nitrogen and oxygen atoms in total. The van der Waals surface area contributed by atoms with Gasteiger partial charge in [-0.1, -0.05) is 189 Å². The molecule has 262 valence electrons. The van der Waals surface area contributed by atoms with E-state index in [4.69, 9.17) is 0 Å². The second-order valence-corrected chi connectivity index (χ2v) is 14.8. The van der Waals surface area contributed by atoms with Gasteiger partial charge in [-0.05, 0) is 95.3 Å². The summed E-state index contributed by atoms with van der Waals surface area (Å²) in [5.41, 5.74) is 11.1. The molecule has 0 atom stereocenters. The first kappa shape index (κ1) is 32.2. The molecule has 12 rings (SSSR count). The fourth-order valence-corrected chi connectivity index (χ4v) is 9.99. The second kappa shape index (κ2) is 12.4. The Kier molecular flexibility index (Phi) is 7.14. The van der Waals surface area contributed by atoms with Gasteiger partial charge in [0, 0.05) is 16.2 Å². The van der Waals surface area contributed by atoms with Crippen LogP contribution >= 0.6 is 0 Å². The molecular formula is C55H37N. The summed E-state index contributed by atoms with van der Waals surface area (Å²) in [6, 6.07) is 70.3. The van der Waals surface area contributed by atoms with Crippen molar-refractivity contribution in [2.45, 2.75) is 5.41 Å². The molecule has 0 N–H and O–H groups in total. The zero-order valence-corrected chi connectivity index (χ0v) is 30.9. The van der Waals surface area contributed by atoms with Crippen molar-refractivity contribution in [2.75, 3.05) is 0 Å². The fourth-order valence-electron chi connectivity index (χ4n) is 9.99. The molecule has 0 bridgehead atoms. The average Bonchev–Trinajstić information content (AvgIpc) is 3.60. The normalized spacial score (nSPS) is 12.9. The standard InChI is InChI=1S/C51H31N.C4H6/c1-3-16-35(17-4-1)51(36-18-5-2-6-19-36)42-23-11-9-21-38(42)41-30-34-31-46-49(40-28-26-33-27-29-43(51)50(41)48(33)47(34)40)39-22-10-12-24-45(39)52(46)44-25-13-15-32-14-7-8-20-37(32)44;1-3-4-2/h1-31H;3-4H,1-2H2. The molecular weight excluding hydrogens is 675 g/mol. The van der Waals surface area contributed by atoms with Crippen LogP contribution in [0, 0.1) is 0 Å². The van der Waals surface area contributed by atoms with Gasteiger partial charge >= 0.3 is 0 Å². The molecule has 11 aromatic rings. The van der Waals surface area contributed by atoms with Crippen molar-refractivity contribution in [1.82, 2.24) is 4.57 Å². The van der Waals surface area contributed by atoms with Crippen molar-refractivity contribution in [3.8, 4) is 16.8 Å². The molecule has 1 aliphatic carbocycles. The van der Waals surface area contributed by atoms with E-state index in [9.17, 15) is 0 Å². The van der Waals surface area contributed by atoms with Crippen LogP contribution < -0.4 is 0 Å². The second-order valence-electron chi connectivity index (χ2n) is 14.8. The van der Waals surface area contributed by atoms with Crippen molar-refractivity contribution < 1.29 is 0 Å². The van der Waals surface area contributed by atoms with Crippen LogP contribution in [0.25, 0.3) is 81.7 Å². The number of benzene rings is 10. The van der Waals surface area contributed by atoms with Crippen LogP contribution in [0.1, 0.15) is 22.3 Å². The smallest absolute Gasteiger partial charge is 0.0713 e. The predicted octanol–water partition coefficient (Wildman–Crippen LogP) is 14.6. The molecule has 0 fully saturated rings. The minimum atomic E-state index is -0.478. The molecule has 0 amide bonds. The molecule has 0 saturated heterocycles. The van der Waals surface area contributed by atoms with Crippen molar-refractivity contribution in [1.29, 1.82) is 0 Å². The Labute approximate surface area is 326 Å². The average molecular weight is 712 g/mol. The summed E-state index contributed by atoms with van der Waals surface area (Å²) in [6.07, 6.45) is 3.28. The first-order valence-electron chi connectivity index (χ1n) is 19.3. The topological polar surface area (TPSA) is 4.93 Å². The Morgan fingerprint density at radius 3 is 1.79 bits per heavy atom. The zero-order valence-electron chi connectivity index (χ0n) is 30.9. The predicted molar refractivity (Wildman–Crippen MR) is 240 cm³/mol. The summed E-state index contributed by atoms with van der Waals surface area (Å²) < 4.78 is 2.50. The Morgan fingerprint density at radius 1 is 0.375 bits per heavy atom. The van der Waals surface area contributed by atoms with E-state index in [1.807, 2.05) is 0 Å². The van der Waals surface area contributed by atoms with Gasteiger partial charge in [0.1, 0.15) is 0 Å². The third-order valence-corrected chi connectivity index (χ3v) is 12.1. The lowest BCUT2D eigenvalue weighted by Crippen LogP contribution is -2.33. The van der Waals surface area contributed by atoms with Gasteiger partial charge in [-0.2, -0.15) is 0 Å². The van der Waals surface area contributed by atoms with Crippen LogP contribution in [0.5, 0.6) is 0 Å². The van der Waals surface area contributed by atoms with E-state index in [-0.39, 0.29) is 0 Å². The van der Waals surface area contributed by atoms with Crippen LogP contribution in [0.15, 0.2) is 213 Å². The number of fused-ring (bicyclic) bond motifs is 7. The highest BCUT2D eigenvalue weighted by molar-refractivity contribution is 6.35. The number of hydrogen-bond acceptors (Lipinski definition) is 0. The minimum Gasteiger partial charge on any atom is -0.309 e. The summed E-state index contributed by atoms with van der Waals surface area (Å²) in [4.78, 5) is 0. The molecule has 0 aliphatic heterocycles. The maximum absolute atomic E-state index is 3.36. The highest BCUT2D eigenvalue weighted by Crippen LogP contribution is 2.58. The molecule has 1 heteroatoms. The van der Waals surface area contributed by atoms with Crippen molar-refractivity contribution in [2.24, 2.45) is 0 Å². The van der Waals surface area contributed by atoms with E-state index in [1.54, 1.807) is 12.2 Å². The maximum atomic E-state index is 3.36. The molecule has 10 aromatic carbocycles. The number of para-hydroxylation sites is 1. The first-order chi connectivity index (χ1) is 27.7. The SMILES string of the molecule is C=CC=C.c1ccc(C2(c3ccccc3)c3ccccc3-c3cc4cc5c(c6ccc7ccc2c3c7c46)c2ccccc2n5-c2cccc3ccccc23)cc1. The van der Waals surface area contributed by atoms with Crippen LogP contribution in [0.4, 0.5) is 0 Å². The summed E-state index contributed by atoms with van der Waals surface area (Å²) >= 11 is 0. The summed E-state index contributed by atoms with van der Waals surface area (Å²) in [6.45, 7) is 6.72. The zero-order chi connectivity index (χ0) is 37.4. The van der Waals surface area contributed by atoms with E-state index >= 15 is 0 Å². The van der Waals surface area contributed by atoms with Crippen LogP contribution in [-0.4, -0.2) is 4.57 Å². The molecule has 0 spiro atoms. The van der Waals surface area contributed by atoms with Crippen LogP contribution in [0.2, 0.25) is 0 Å². The summed E-state index contributed by atoms with van der Waals surface area (Å²) in [7, 11) is 0. The third kappa shape index (κ3) is 4.31. The van der Waals surface area contributed by atoms with Gasteiger partial charge in [-0.15, -0.1) is 0 Å². The van der Waals surface area contributed by atoms with Gasteiger partial charge in [0.2, 0.25) is 0 Å². The minimum absolute atomic E-state index is 0.478. The van der Waals surface area contributed by atoms with Crippen LogP contribution in [0.3, 0.4) is 0 Å². The van der Waals surface area contributed by atoms with Crippen molar-refractivity contribution in [3.05, 3.63) is 236 Å². The Morgan fingerprint density at radius 2 is 1.02 bits per heavy atom. The lowest BCUT2D eigenvalue weighted by atomic mass is 9.59. The monoisotopic (exact) mass is 711 g/mol. The Balaban J connectivity index is 0.000000869. The Bertz CT molecular complexity index is 3280. The summed E-state index contributed by atoms with van der Waals surface area (Å²) in [5, 5.41) is 13.0. The van der Waals surface area contributed by atoms with E-state index in [2.05, 4.69) is 206 Å². The highest BCUT2D eigenvalue weighted by Gasteiger charge is 2.44.